The molecule has 0 fully saturated rings. The van der Waals surface area contributed by atoms with Crippen LogP contribution in [0.5, 0.6) is 0 Å². The smallest absolute Gasteiger partial charge is 0.318 e. The van der Waals surface area contributed by atoms with Crippen molar-refractivity contribution in [1.29, 1.82) is 0 Å². The van der Waals surface area contributed by atoms with Gasteiger partial charge in [-0.25, -0.2) is 4.79 Å². The largest absolute Gasteiger partial charge is 0.384 e. The molecule has 0 aliphatic carbocycles. The first-order valence-corrected chi connectivity index (χ1v) is 4.86. The Balaban J connectivity index is 2.86. The molecule has 4 heteroatoms. The highest BCUT2D eigenvalue weighted by atomic mass is 16.2. The molecule has 2 amide bonds. The van der Waals surface area contributed by atoms with E-state index in [0.717, 1.165) is 11.1 Å². The van der Waals surface area contributed by atoms with Gasteiger partial charge in [0.1, 0.15) is 6.61 Å². The zero-order valence-electron chi connectivity index (χ0n) is 9.29. The van der Waals surface area contributed by atoms with Crippen molar-refractivity contribution in [2.75, 3.05) is 19.0 Å². The first-order valence-electron chi connectivity index (χ1n) is 4.86. The Bertz CT molecular complexity index is 444. The van der Waals surface area contributed by atoms with Crippen LogP contribution in [-0.4, -0.2) is 24.8 Å². The van der Waals surface area contributed by atoms with E-state index in [1.54, 1.807) is 13.1 Å². The van der Waals surface area contributed by atoms with Gasteiger partial charge in [0.25, 0.3) is 0 Å². The summed E-state index contributed by atoms with van der Waals surface area (Å²) >= 11 is 0. The summed E-state index contributed by atoms with van der Waals surface area (Å²) in [5.41, 5.74) is 2.51. The predicted molar refractivity (Wildman–Crippen MR) is 63.2 cm³/mol. The van der Waals surface area contributed by atoms with E-state index in [4.69, 9.17) is 5.11 Å². The van der Waals surface area contributed by atoms with Crippen molar-refractivity contribution in [1.82, 2.24) is 5.32 Å². The molecule has 1 aromatic carbocycles. The Labute approximate surface area is 94.7 Å². The van der Waals surface area contributed by atoms with Crippen LogP contribution >= 0.6 is 0 Å². The number of carbonyl (C=O) groups is 1. The van der Waals surface area contributed by atoms with Crippen LogP contribution in [0.25, 0.3) is 0 Å². The number of anilines is 1. The average Bonchev–Trinajstić information content (AvgIpc) is 2.28. The maximum Gasteiger partial charge on any atom is 0.318 e. The molecule has 0 spiro atoms. The van der Waals surface area contributed by atoms with Crippen LogP contribution in [0.15, 0.2) is 18.2 Å². The molecule has 0 saturated heterocycles. The standard InChI is InChI=1S/C12H14N2O2/c1-9-8-11(14-12(16)13-2)6-5-10(9)4-3-7-15/h5-6,8,15H,7H2,1-2H3,(H2,13,14,16). The van der Waals surface area contributed by atoms with Gasteiger partial charge in [0, 0.05) is 18.3 Å². The zero-order chi connectivity index (χ0) is 12.0. The summed E-state index contributed by atoms with van der Waals surface area (Å²) in [7, 11) is 1.56. The fourth-order valence-electron chi connectivity index (χ4n) is 1.21. The van der Waals surface area contributed by atoms with Crippen LogP contribution in [0.1, 0.15) is 11.1 Å². The summed E-state index contributed by atoms with van der Waals surface area (Å²) in [6, 6.07) is 5.15. The second-order valence-corrected chi connectivity index (χ2v) is 3.19. The number of urea groups is 1. The quantitative estimate of drug-likeness (QED) is 0.618. The van der Waals surface area contributed by atoms with E-state index in [-0.39, 0.29) is 12.6 Å². The number of amides is 2. The third-order valence-corrected chi connectivity index (χ3v) is 2.01. The number of rotatable bonds is 1. The van der Waals surface area contributed by atoms with Crippen molar-refractivity contribution in [3.8, 4) is 11.8 Å². The van der Waals surface area contributed by atoms with Crippen LogP contribution in [0, 0.1) is 18.8 Å². The summed E-state index contributed by atoms with van der Waals surface area (Å²) in [6.07, 6.45) is 0. The number of aryl methyl sites for hydroxylation is 1. The van der Waals surface area contributed by atoms with Gasteiger partial charge in [0.05, 0.1) is 0 Å². The molecular weight excluding hydrogens is 204 g/mol. The number of nitrogens with one attached hydrogen (secondary N) is 2. The SMILES string of the molecule is CNC(=O)Nc1ccc(C#CCO)c(C)c1. The van der Waals surface area contributed by atoms with Crippen molar-refractivity contribution in [3.05, 3.63) is 29.3 Å². The monoisotopic (exact) mass is 218 g/mol. The molecule has 1 aromatic rings. The molecule has 0 aliphatic heterocycles. The highest BCUT2D eigenvalue weighted by Gasteiger charge is 2.00. The second kappa shape index (κ2) is 5.79. The summed E-state index contributed by atoms with van der Waals surface area (Å²) in [6.45, 7) is 1.74. The van der Waals surface area contributed by atoms with Gasteiger partial charge < -0.3 is 15.7 Å². The van der Waals surface area contributed by atoms with Crippen LogP contribution < -0.4 is 10.6 Å². The molecule has 0 saturated carbocycles. The number of benzene rings is 1. The molecule has 0 aromatic heterocycles. The lowest BCUT2D eigenvalue weighted by molar-refractivity contribution is 0.254. The molecule has 3 N–H and O–H groups in total. The van der Waals surface area contributed by atoms with Crippen molar-refractivity contribution in [2.45, 2.75) is 6.92 Å². The number of aliphatic hydroxyl groups excluding tert-OH is 1. The maximum absolute atomic E-state index is 11.1. The number of aliphatic hydroxyl groups is 1. The number of hydrogen-bond acceptors (Lipinski definition) is 2. The van der Waals surface area contributed by atoms with E-state index < -0.39 is 0 Å². The van der Waals surface area contributed by atoms with E-state index >= 15 is 0 Å². The highest BCUT2D eigenvalue weighted by molar-refractivity contribution is 5.89. The van der Waals surface area contributed by atoms with Gasteiger partial charge in [-0.2, -0.15) is 0 Å². The van der Waals surface area contributed by atoms with E-state index in [9.17, 15) is 4.79 Å². The molecule has 0 radical (unpaired) electrons. The Hall–Kier alpha value is -1.99. The summed E-state index contributed by atoms with van der Waals surface area (Å²) in [4.78, 5) is 11.1. The highest BCUT2D eigenvalue weighted by Crippen LogP contribution is 2.14. The fraction of sp³-hybridized carbons (Fsp3) is 0.250. The molecule has 4 nitrogen and oxygen atoms in total. The van der Waals surface area contributed by atoms with Gasteiger partial charge in [-0.15, -0.1) is 0 Å². The lowest BCUT2D eigenvalue weighted by Gasteiger charge is -2.06. The topological polar surface area (TPSA) is 61.4 Å². The predicted octanol–water partition coefficient (Wildman–Crippen LogP) is 1.09. The maximum atomic E-state index is 11.1. The molecule has 0 aliphatic rings. The van der Waals surface area contributed by atoms with E-state index in [0.29, 0.717) is 5.69 Å². The summed E-state index contributed by atoms with van der Waals surface area (Å²) in [5.74, 6) is 5.41. The van der Waals surface area contributed by atoms with Gasteiger partial charge in [0.15, 0.2) is 0 Å². The molecule has 0 unspecified atom stereocenters. The molecular formula is C12H14N2O2. The van der Waals surface area contributed by atoms with Crippen LogP contribution in [0.3, 0.4) is 0 Å². The zero-order valence-corrected chi connectivity index (χ0v) is 9.29. The first-order chi connectivity index (χ1) is 7.67. The average molecular weight is 218 g/mol. The third kappa shape index (κ3) is 3.30. The molecule has 0 bridgehead atoms. The van der Waals surface area contributed by atoms with Gasteiger partial charge in [-0.1, -0.05) is 11.8 Å². The Morgan fingerprint density at radius 3 is 2.81 bits per heavy atom. The Morgan fingerprint density at radius 1 is 1.50 bits per heavy atom. The molecule has 0 heterocycles. The lowest BCUT2D eigenvalue weighted by atomic mass is 10.1. The van der Waals surface area contributed by atoms with Gasteiger partial charge in [0.2, 0.25) is 0 Å². The Kier molecular flexibility index (Phi) is 4.37. The van der Waals surface area contributed by atoms with Crippen molar-refractivity contribution in [3.63, 3.8) is 0 Å². The van der Waals surface area contributed by atoms with E-state index in [1.165, 1.54) is 0 Å². The molecule has 0 atom stereocenters. The van der Waals surface area contributed by atoms with E-state index in [1.807, 2.05) is 19.1 Å². The minimum atomic E-state index is -0.256. The molecule has 16 heavy (non-hydrogen) atoms. The summed E-state index contributed by atoms with van der Waals surface area (Å²) < 4.78 is 0. The first kappa shape index (κ1) is 12.1. The van der Waals surface area contributed by atoms with Crippen molar-refractivity contribution < 1.29 is 9.90 Å². The van der Waals surface area contributed by atoms with Gasteiger partial charge >= 0.3 is 6.03 Å². The van der Waals surface area contributed by atoms with Crippen molar-refractivity contribution >= 4 is 11.7 Å². The molecule has 84 valence electrons. The van der Waals surface area contributed by atoms with E-state index in [2.05, 4.69) is 22.5 Å². The van der Waals surface area contributed by atoms with Crippen LogP contribution in [-0.2, 0) is 0 Å². The van der Waals surface area contributed by atoms with Crippen LogP contribution in [0.4, 0.5) is 10.5 Å². The third-order valence-electron chi connectivity index (χ3n) is 2.01. The Morgan fingerprint density at radius 2 is 2.25 bits per heavy atom. The van der Waals surface area contributed by atoms with Gasteiger partial charge in [-0.3, -0.25) is 0 Å². The molecule has 1 rings (SSSR count). The van der Waals surface area contributed by atoms with Gasteiger partial charge in [-0.05, 0) is 30.7 Å². The number of carbonyl (C=O) groups excluding carboxylic acids is 1. The number of hydrogen-bond donors (Lipinski definition) is 3. The van der Waals surface area contributed by atoms with Crippen LogP contribution in [0.2, 0.25) is 0 Å². The lowest BCUT2D eigenvalue weighted by Crippen LogP contribution is -2.24. The second-order valence-electron chi connectivity index (χ2n) is 3.19. The summed E-state index contributed by atoms with van der Waals surface area (Å²) in [5, 5.41) is 13.7. The minimum absolute atomic E-state index is 0.155. The minimum Gasteiger partial charge on any atom is -0.384 e. The normalized spacial score (nSPS) is 8.94. The van der Waals surface area contributed by atoms with Crippen molar-refractivity contribution in [2.24, 2.45) is 0 Å². The fourth-order valence-corrected chi connectivity index (χ4v) is 1.21.